The minimum Gasteiger partial charge on any atom is -0.353 e. The van der Waals surface area contributed by atoms with Crippen molar-refractivity contribution >= 4 is 43.2 Å². The molecule has 0 spiro atoms. The number of amides is 1. The normalized spacial score (nSPS) is 11.9. The first-order chi connectivity index (χ1) is 11.7. The molecule has 136 valence electrons. The highest BCUT2D eigenvalue weighted by molar-refractivity contribution is 9.10. The van der Waals surface area contributed by atoms with Gasteiger partial charge in [-0.25, -0.2) is 13.4 Å². The first-order valence-electron chi connectivity index (χ1n) is 7.75. The summed E-state index contributed by atoms with van der Waals surface area (Å²) < 4.78 is 27.8. The van der Waals surface area contributed by atoms with Crippen LogP contribution in [-0.4, -0.2) is 42.7 Å². The molecule has 1 amide bonds. The van der Waals surface area contributed by atoms with E-state index in [1.165, 1.54) is 6.20 Å². The van der Waals surface area contributed by atoms with Crippen molar-refractivity contribution < 1.29 is 13.2 Å². The van der Waals surface area contributed by atoms with Crippen molar-refractivity contribution in [2.24, 2.45) is 0 Å². The number of nitrogens with zero attached hydrogens (tertiary/aromatic N) is 2. The summed E-state index contributed by atoms with van der Waals surface area (Å²) in [5, 5.41) is 3.32. The molecule has 0 fully saturated rings. The maximum atomic E-state index is 12.8. The molecule has 25 heavy (non-hydrogen) atoms. The van der Waals surface area contributed by atoms with Gasteiger partial charge in [-0.15, -0.1) is 11.3 Å². The van der Waals surface area contributed by atoms with Crippen molar-refractivity contribution in [1.29, 1.82) is 0 Å². The van der Waals surface area contributed by atoms with Gasteiger partial charge >= 0.3 is 0 Å². The second-order valence-corrected chi connectivity index (χ2v) is 9.76. The number of aromatic nitrogens is 1. The second kappa shape index (κ2) is 8.39. The molecule has 2 aromatic rings. The number of thiazole rings is 1. The van der Waals surface area contributed by atoms with Crippen molar-refractivity contribution in [2.45, 2.75) is 31.0 Å². The van der Waals surface area contributed by atoms with E-state index in [-0.39, 0.29) is 29.2 Å². The minimum absolute atomic E-state index is 0.0404. The first kappa shape index (κ1) is 20.0. The molecule has 0 aliphatic rings. The summed E-state index contributed by atoms with van der Waals surface area (Å²) in [5.41, 5.74) is 0.843. The Kier molecular flexibility index (Phi) is 6.72. The highest BCUT2D eigenvalue weighted by atomic mass is 79.9. The van der Waals surface area contributed by atoms with E-state index in [0.717, 1.165) is 25.7 Å². The average Bonchev–Trinajstić information content (AvgIpc) is 3.03. The molecular weight excluding hydrogens is 426 g/mol. The SMILES string of the molecule is CCN(CC(=O)NC(C)C)S(=O)(=O)c1cnc(-c2ccc(Br)cc2)s1. The Balaban J connectivity index is 2.23. The van der Waals surface area contributed by atoms with Gasteiger partial charge in [0, 0.05) is 22.6 Å². The number of rotatable bonds is 7. The van der Waals surface area contributed by atoms with Gasteiger partial charge in [0.25, 0.3) is 10.0 Å². The Bertz CT molecular complexity index is 833. The van der Waals surface area contributed by atoms with Gasteiger partial charge in [-0.05, 0) is 26.0 Å². The van der Waals surface area contributed by atoms with Gasteiger partial charge in [0.2, 0.25) is 5.91 Å². The molecule has 6 nitrogen and oxygen atoms in total. The van der Waals surface area contributed by atoms with Gasteiger partial charge in [0.1, 0.15) is 5.01 Å². The quantitative estimate of drug-likeness (QED) is 0.709. The fourth-order valence-electron chi connectivity index (χ4n) is 2.13. The van der Waals surface area contributed by atoms with Gasteiger partial charge in [-0.2, -0.15) is 4.31 Å². The number of carbonyl (C=O) groups excluding carboxylic acids is 1. The molecule has 1 heterocycles. The number of nitrogens with one attached hydrogen (secondary N) is 1. The Morgan fingerprint density at radius 2 is 1.96 bits per heavy atom. The number of sulfonamides is 1. The Labute approximate surface area is 160 Å². The molecule has 1 aromatic carbocycles. The van der Waals surface area contributed by atoms with Crippen molar-refractivity contribution in [2.75, 3.05) is 13.1 Å². The molecule has 1 aromatic heterocycles. The number of hydrogen-bond acceptors (Lipinski definition) is 5. The molecule has 0 saturated carbocycles. The first-order valence-corrected chi connectivity index (χ1v) is 10.8. The van der Waals surface area contributed by atoms with Crippen LogP contribution in [0.2, 0.25) is 0 Å². The molecule has 0 atom stereocenters. The molecule has 9 heteroatoms. The summed E-state index contributed by atoms with van der Waals surface area (Å²) in [5.74, 6) is -0.321. The largest absolute Gasteiger partial charge is 0.353 e. The fraction of sp³-hybridized carbons (Fsp3) is 0.375. The lowest BCUT2D eigenvalue weighted by atomic mass is 10.2. The topological polar surface area (TPSA) is 79.4 Å². The van der Waals surface area contributed by atoms with Crippen LogP contribution in [0.15, 0.2) is 39.1 Å². The molecule has 0 aliphatic heterocycles. The van der Waals surface area contributed by atoms with Crippen LogP contribution < -0.4 is 5.32 Å². The van der Waals surface area contributed by atoms with Gasteiger partial charge < -0.3 is 5.32 Å². The van der Waals surface area contributed by atoms with Crippen LogP contribution in [0.1, 0.15) is 20.8 Å². The van der Waals surface area contributed by atoms with E-state index in [4.69, 9.17) is 0 Å². The summed E-state index contributed by atoms with van der Waals surface area (Å²) in [4.78, 5) is 16.1. The molecule has 2 rings (SSSR count). The molecular formula is C16H20BrN3O3S2. The lowest BCUT2D eigenvalue weighted by Crippen LogP contribution is -2.42. The monoisotopic (exact) mass is 445 g/mol. The Morgan fingerprint density at radius 1 is 1.32 bits per heavy atom. The molecule has 0 saturated heterocycles. The third-order valence-corrected chi connectivity index (χ3v) is 7.22. The van der Waals surface area contributed by atoms with E-state index in [2.05, 4.69) is 26.2 Å². The summed E-state index contributed by atoms with van der Waals surface area (Å²) in [6.45, 7) is 5.37. The third-order valence-electron chi connectivity index (χ3n) is 3.29. The van der Waals surface area contributed by atoms with E-state index in [1.807, 2.05) is 38.1 Å². The van der Waals surface area contributed by atoms with Gasteiger partial charge in [-0.1, -0.05) is 35.0 Å². The number of carbonyl (C=O) groups is 1. The summed E-state index contributed by atoms with van der Waals surface area (Å²) in [6, 6.07) is 7.44. The van der Waals surface area contributed by atoms with Crippen molar-refractivity contribution in [3.63, 3.8) is 0 Å². The van der Waals surface area contributed by atoms with Crippen molar-refractivity contribution in [3.8, 4) is 10.6 Å². The molecule has 0 unspecified atom stereocenters. The van der Waals surface area contributed by atoms with Crippen LogP contribution in [0.5, 0.6) is 0 Å². The Hall–Kier alpha value is -1.29. The number of halogens is 1. The zero-order chi connectivity index (χ0) is 18.6. The van der Waals surface area contributed by atoms with Crippen LogP contribution in [0, 0.1) is 0 Å². The van der Waals surface area contributed by atoms with E-state index in [0.29, 0.717) is 5.01 Å². The highest BCUT2D eigenvalue weighted by Crippen LogP contribution is 2.30. The van der Waals surface area contributed by atoms with E-state index < -0.39 is 10.0 Å². The van der Waals surface area contributed by atoms with Crippen LogP contribution in [0.25, 0.3) is 10.6 Å². The zero-order valence-corrected chi connectivity index (χ0v) is 17.4. The molecule has 1 N–H and O–H groups in total. The van der Waals surface area contributed by atoms with E-state index >= 15 is 0 Å². The summed E-state index contributed by atoms with van der Waals surface area (Å²) in [6.07, 6.45) is 1.35. The van der Waals surface area contributed by atoms with Crippen LogP contribution >= 0.6 is 27.3 Å². The lowest BCUT2D eigenvalue weighted by molar-refractivity contribution is -0.121. The Morgan fingerprint density at radius 3 is 2.52 bits per heavy atom. The van der Waals surface area contributed by atoms with Crippen LogP contribution in [0.4, 0.5) is 0 Å². The predicted molar refractivity (Wildman–Crippen MR) is 103 cm³/mol. The molecule has 0 aliphatic carbocycles. The highest BCUT2D eigenvalue weighted by Gasteiger charge is 2.27. The predicted octanol–water partition coefficient (Wildman–Crippen LogP) is 3.11. The van der Waals surface area contributed by atoms with Gasteiger partial charge in [0.15, 0.2) is 4.21 Å². The minimum atomic E-state index is -3.76. The van der Waals surface area contributed by atoms with Gasteiger partial charge in [0.05, 0.1) is 12.7 Å². The number of benzene rings is 1. The molecule has 0 bridgehead atoms. The number of likely N-dealkylation sites (N-methyl/N-ethyl adjacent to an activating group) is 1. The third kappa shape index (κ3) is 5.10. The summed E-state index contributed by atoms with van der Waals surface area (Å²) >= 11 is 4.46. The number of hydrogen-bond donors (Lipinski definition) is 1. The average molecular weight is 446 g/mol. The smallest absolute Gasteiger partial charge is 0.254 e. The lowest BCUT2D eigenvalue weighted by Gasteiger charge is -2.19. The maximum Gasteiger partial charge on any atom is 0.254 e. The van der Waals surface area contributed by atoms with Gasteiger partial charge in [-0.3, -0.25) is 4.79 Å². The van der Waals surface area contributed by atoms with Crippen molar-refractivity contribution in [1.82, 2.24) is 14.6 Å². The second-order valence-electron chi connectivity index (χ2n) is 5.64. The maximum absolute atomic E-state index is 12.8. The van der Waals surface area contributed by atoms with E-state index in [1.54, 1.807) is 6.92 Å². The van der Waals surface area contributed by atoms with Crippen LogP contribution in [-0.2, 0) is 14.8 Å². The molecule has 0 radical (unpaired) electrons. The van der Waals surface area contributed by atoms with Crippen molar-refractivity contribution in [3.05, 3.63) is 34.9 Å². The standard InChI is InChI=1S/C16H20BrN3O3S2/c1-4-20(10-14(21)19-11(2)3)25(22,23)15-9-18-16(24-15)12-5-7-13(17)8-6-12/h5-9,11H,4,10H2,1-3H3,(H,19,21). The fourth-order valence-corrected chi connectivity index (χ4v) is 5.09. The zero-order valence-electron chi connectivity index (χ0n) is 14.2. The summed E-state index contributed by atoms with van der Waals surface area (Å²) in [7, 11) is -3.76. The van der Waals surface area contributed by atoms with E-state index in [9.17, 15) is 13.2 Å². The van der Waals surface area contributed by atoms with Crippen LogP contribution in [0.3, 0.4) is 0 Å².